The minimum atomic E-state index is 0.126. The van der Waals surface area contributed by atoms with E-state index in [0.29, 0.717) is 0 Å². The zero-order valence-corrected chi connectivity index (χ0v) is 8.27. The smallest absolute Gasteiger partial charge is 0.0705 e. The minimum Gasteiger partial charge on any atom is -0.324 e. The number of rotatable bonds is 2. The second kappa shape index (κ2) is 3.76. The Kier molecular flexibility index (Phi) is 2.46. The highest BCUT2D eigenvalue weighted by Crippen LogP contribution is 2.18. The lowest BCUT2D eigenvalue weighted by Crippen LogP contribution is -2.08. The average Bonchev–Trinajstić information content (AvgIpc) is 2.27. The van der Waals surface area contributed by atoms with Gasteiger partial charge in [0.05, 0.1) is 5.52 Å². The summed E-state index contributed by atoms with van der Waals surface area (Å²) in [5, 5.41) is 1.17. The number of hydrogen-bond acceptors (Lipinski definition) is 2. The normalized spacial score (nSPS) is 13.0. The molecule has 72 valence electrons. The molecule has 2 N–H and O–H groups in total. The van der Waals surface area contributed by atoms with E-state index < -0.39 is 0 Å². The molecule has 1 heterocycles. The van der Waals surface area contributed by atoms with Gasteiger partial charge in [-0.2, -0.15) is 0 Å². The van der Waals surface area contributed by atoms with Crippen LogP contribution in [0.4, 0.5) is 0 Å². The van der Waals surface area contributed by atoms with Gasteiger partial charge < -0.3 is 5.73 Å². The summed E-state index contributed by atoms with van der Waals surface area (Å²) in [5.74, 6) is 0. The Labute approximate surface area is 83.8 Å². The Morgan fingerprint density at radius 3 is 3.00 bits per heavy atom. The van der Waals surface area contributed by atoms with Gasteiger partial charge in [0.1, 0.15) is 0 Å². The van der Waals surface area contributed by atoms with Gasteiger partial charge in [0, 0.05) is 17.6 Å². The number of nitrogens with two attached hydrogens (primary N) is 1. The SMILES string of the molecule is CC[C@H](N)c1ccc2cccnc2c1. The molecule has 1 aromatic heterocycles. The van der Waals surface area contributed by atoms with Crippen molar-refractivity contribution in [1.82, 2.24) is 4.98 Å². The zero-order chi connectivity index (χ0) is 9.97. The molecular formula is C12H14N2. The predicted octanol–water partition coefficient (Wildman–Crippen LogP) is 2.64. The van der Waals surface area contributed by atoms with Crippen LogP contribution in [-0.4, -0.2) is 4.98 Å². The maximum Gasteiger partial charge on any atom is 0.0705 e. The van der Waals surface area contributed by atoms with Crippen LogP contribution >= 0.6 is 0 Å². The summed E-state index contributed by atoms with van der Waals surface area (Å²) in [5.41, 5.74) is 8.15. The second-order valence-corrected chi connectivity index (χ2v) is 3.47. The first-order valence-corrected chi connectivity index (χ1v) is 4.91. The van der Waals surface area contributed by atoms with E-state index in [-0.39, 0.29) is 6.04 Å². The van der Waals surface area contributed by atoms with Gasteiger partial charge in [-0.25, -0.2) is 0 Å². The van der Waals surface area contributed by atoms with Crippen LogP contribution in [0.2, 0.25) is 0 Å². The summed E-state index contributed by atoms with van der Waals surface area (Å²) in [4.78, 5) is 4.30. The van der Waals surface area contributed by atoms with Crippen molar-refractivity contribution >= 4 is 10.9 Å². The molecule has 14 heavy (non-hydrogen) atoms. The lowest BCUT2D eigenvalue weighted by molar-refractivity contribution is 0.699. The molecule has 2 heteroatoms. The molecule has 0 radical (unpaired) electrons. The molecule has 0 fully saturated rings. The van der Waals surface area contributed by atoms with Crippen LogP contribution in [0.1, 0.15) is 24.9 Å². The van der Waals surface area contributed by atoms with Gasteiger partial charge in [-0.05, 0) is 24.1 Å². The maximum atomic E-state index is 5.96. The number of hydrogen-bond donors (Lipinski definition) is 1. The first-order chi connectivity index (χ1) is 6.81. The van der Waals surface area contributed by atoms with E-state index >= 15 is 0 Å². The molecule has 0 saturated carbocycles. The van der Waals surface area contributed by atoms with Crippen LogP contribution in [0.25, 0.3) is 10.9 Å². The van der Waals surface area contributed by atoms with E-state index in [1.54, 1.807) is 0 Å². The summed E-state index contributed by atoms with van der Waals surface area (Å²) in [6.07, 6.45) is 2.77. The van der Waals surface area contributed by atoms with Crippen molar-refractivity contribution in [2.24, 2.45) is 5.73 Å². The Morgan fingerprint density at radius 1 is 1.36 bits per heavy atom. The molecule has 1 atom stereocenters. The van der Waals surface area contributed by atoms with Gasteiger partial charge in [0.25, 0.3) is 0 Å². The van der Waals surface area contributed by atoms with Crippen LogP contribution in [0.5, 0.6) is 0 Å². The van der Waals surface area contributed by atoms with E-state index in [9.17, 15) is 0 Å². The number of aromatic nitrogens is 1. The predicted molar refractivity (Wildman–Crippen MR) is 59.0 cm³/mol. The van der Waals surface area contributed by atoms with Crippen LogP contribution < -0.4 is 5.73 Å². The van der Waals surface area contributed by atoms with Crippen molar-refractivity contribution in [3.8, 4) is 0 Å². The summed E-state index contributed by atoms with van der Waals surface area (Å²) in [6, 6.07) is 10.4. The summed E-state index contributed by atoms with van der Waals surface area (Å²) in [7, 11) is 0. The van der Waals surface area contributed by atoms with Gasteiger partial charge in [-0.15, -0.1) is 0 Å². The number of nitrogens with zero attached hydrogens (tertiary/aromatic N) is 1. The van der Waals surface area contributed by atoms with E-state index in [1.165, 1.54) is 10.9 Å². The van der Waals surface area contributed by atoms with Gasteiger partial charge in [0.15, 0.2) is 0 Å². The molecule has 0 unspecified atom stereocenters. The first kappa shape index (κ1) is 9.16. The van der Waals surface area contributed by atoms with Crippen molar-refractivity contribution < 1.29 is 0 Å². The van der Waals surface area contributed by atoms with Crippen LogP contribution in [0.15, 0.2) is 36.5 Å². The summed E-state index contributed by atoms with van der Waals surface area (Å²) < 4.78 is 0. The lowest BCUT2D eigenvalue weighted by Gasteiger charge is -2.09. The fraction of sp³-hybridized carbons (Fsp3) is 0.250. The van der Waals surface area contributed by atoms with Crippen LogP contribution in [0, 0.1) is 0 Å². The average molecular weight is 186 g/mol. The topological polar surface area (TPSA) is 38.9 Å². The van der Waals surface area contributed by atoms with E-state index in [1.807, 2.05) is 12.3 Å². The maximum absolute atomic E-state index is 5.96. The molecule has 1 aromatic carbocycles. The number of fused-ring (bicyclic) bond motifs is 1. The molecule has 2 aromatic rings. The van der Waals surface area contributed by atoms with Gasteiger partial charge >= 0.3 is 0 Å². The lowest BCUT2D eigenvalue weighted by atomic mass is 10.0. The molecule has 0 aliphatic heterocycles. The third-order valence-electron chi connectivity index (χ3n) is 2.50. The van der Waals surface area contributed by atoms with Gasteiger partial charge in [0.2, 0.25) is 0 Å². The van der Waals surface area contributed by atoms with E-state index in [2.05, 4.69) is 36.2 Å². The Bertz CT molecular complexity index is 437. The number of benzene rings is 1. The quantitative estimate of drug-likeness (QED) is 0.783. The molecule has 2 nitrogen and oxygen atoms in total. The molecule has 0 spiro atoms. The summed E-state index contributed by atoms with van der Waals surface area (Å²) in [6.45, 7) is 2.09. The van der Waals surface area contributed by atoms with Crippen molar-refractivity contribution in [2.45, 2.75) is 19.4 Å². The largest absolute Gasteiger partial charge is 0.324 e. The Morgan fingerprint density at radius 2 is 2.21 bits per heavy atom. The number of pyridine rings is 1. The fourth-order valence-electron chi connectivity index (χ4n) is 1.55. The molecule has 0 amide bonds. The van der Waals surface area contributed by atoms with Crippen molar-refractivity contribution in [2.75, 3.05) is 0 Å². The summed E-state index contributed by atoms with van der Waals surface area (Å²) >= 11 is 0. The minimum absolute atomic E-state index is 0.126. The molecule has 0 aliphatic carbocycles. The molecular weight excluding hydrogens is 172 g/mol. The molecule has 0 bridgehead atoms. The van der Waals surface area contributed by atoms with Gasteiger partial charge in [-0.3, -0.25) is 4.98 Å². The van der Waals surface area contributed by atoms with Crippen LogP contribution in [0.3, 0.4) is 0 Å². The van der Waals surface area contributed by atoms with Crippen molar-refractivity contribution in [1.29, 1.82) is 0 Å². The standard InChI is InChI=1S/C12H14N2/c1-2-11(13)10-6-5-9-4-3-7-14-12(9)8-10/h3-8,11H,2,13H2,1H3/t11-/m0/s1. The molecule has 0 saturated heterocycles. The van der Waals surface area contributed by atoms with Gasteiger partial charge in [-0.1, -0.05) is 25.1 Å². The second-order valence-electron chi connectivity index (χ2n) is 3.47. The first-order valence-electron chi connectivity index (χ1n) is 4.91. The third kappa shape index (κ3) is 1.61. The van der Waals surface area contributed by atoms with Crippen LogP contribution in [-0.2, 0) is 0 Å². The Hall–Kier alpha value is -1.41. The highest BCUT2D eigenvalue weighted by Gasteiger charge is 2.03. The molecule has 0 aliphatic rings. The fourth-order valence-corrected chi connectivity index (χ4v) is 1.55. The monoisotopic (exact) mass is 186 g/mol. The van der Waals surface area contributed by atoms with Crippen molar-refractivity contribution in [3.63, 3.8) is 0 Å². The third-order valence-corrected chi connectivity index (χ3v) is 2.50. The zero-order valence-electron chi connectivity index (χ0n) is 8.27. The Balaban J connectivity index is 2.51. The van der Waals surface area contributed by atoms with E-state index in [4.69, 9.17) is 5.73 Å². The van der Waals surface area contributed by atoms with E-state index in [0.717, 1.165) is 11.9 Å². The molecule has 2 rings (SSSR count). The van der Waals surface area contributed by atoms with Crippen molar-refractivity contribution in [3.05, 3.63) is 42.1 Å². The highest BCUT2D eigenvalue weighted by molar-refractivity contribution is 5.78. The highest BCUT2D eigenvalue weighted by atomic mass is 14.7.